The molecule has 1 saturated heterocycles. The molecule has 2 bridgehead atoms. The molecule has 4 fully saturated rings. The summed E-state index contributed by atoms with van der Waals surface area (Å²) < 4.78 is 20.6. The maximum absolute atomic E-state index is 7.20. The summed E-state index contributed by atoms with van der Waals surface area (Å²) in [6.07, 6.45) is 2.45. The number of ether oxygens (including phenoxy) is 1. The Kier molecular flexibility index (Phi) is 7.40. The fourth-order valence-electron chi connectivity index (χ4n) is 7.71. The van der Waals surface area contributed by atoms with E-state index in [-0.39, 0.29) is 29.5 Å². The molecule has 1 heterocycles. The molecule has 3 aromatic carbocycles. The molecule has 3 aliphatic carbocycles. The van der Waals surface area contributed by atoms with Gasteiger partial charge in [-0.3, -0.25) is 0 Å². The van der Waals surface area contributed by atoms with Crippen molar-refractivity contribution in [2.24, 2.45) is 23.2 Å². The number of halogens is 1. The summed E-state index contributed by atoms with van der Waals surface area (Å²) in [5.74, 6) is 1.22. The Bertz CT molecular complexity index is 1230. The van der Waals surface area contributed by atoms with Gasteiger partial charge >= 0.3 is 7.12 Å². The van der Waals surface area contributed by atoms with E-state index in [0.29, 0.717) is 17.9 Å². The van der Waals surface area contributed by atoms with Crippen molar-refractivity contribution < 1.29 is 14.0 Å². The fourth-order valence-corrected chi connectivity index (χ4v) is 8.55. The van der Waals surface area contributed by atoms with Crippen LogP contribution >= 0.6 is 15.9 Å². The average molecular weight is 599 g/mol. The molecule has 0 N–H and O–H groups in total. The number of alkyl halides is 1. The molecule has 0 radical (unpaired) electrons. The molecule has 6 atom stereocenters. The van der Waals surface area contributed by atoms with E-state index in [4.69, 9.17) is 14.0 Å². The van der Waals surface area contributed by atoms with Crippen LogP contribution < -0.4 is 0 Å². The first-order chi connectivity index (χ1) is 19.2. The summed E-state index contributed by atoms with van der Waals surface area (Å²) in [5.41, 5.74) is 3.59. The molecule has 3 nitrogen and oxygen atoms in total. The molecule has 3 saturated carbocycles. The quantitative estimate of drug-likeness (QED) is 0.107. The largest absolute Gasteiger partial charge is 0.472 e. The van der Waals surface area contributed by atoms with Gasteiger partial charge in [0.25, 0.3) is 0 Å². The summed E-state index contributed by atoms with van der Waals surface area (Å²) in [6, 6.07) is 31.6. The van der Waals surface area contributed by atoms with Crippen molar-refractivity contribution in [1.29, 1.82) is 0 Å². The van der Waals surface area contributed by atoms with Crippen LogP contribution in [0.25, 0.3) is 0 Å². The van der Waals surface area contributed by atoms with Crippen LogP contribution in [0.2, 0.25) is 0 Å². The van der Waals surface area contributed by atoms with E-state index in [0.717, 1.165) is 34.6 Å². The zero-order chi connectivity index (χ0) is 28.1. The van der Waals surface area contributed by atoms with Crippen molar-refractivity contribution in [3.05, 3.63) is 120 Å². The molecule has 208 valence electrons. The minimum absolute atomic E-state index is 0.0210. The van der Waals surface area contributed by atoms with Gasteiger partial charge in [0, 0.05) is 5.92 Å². The standard InChI is InChI=1S/C35H40BBrO3/c1-24(2)29(32(37)36-39-31-22-28-21-30(33(28,3)4)34(31,5)40-36)23-38-35(25-15-9-6-10-16-25,26-17-11-7-12-18-26)27-19-13-8-14-20-27/h6-20,28-32H,1,21-23H2,2-5H3/t28?,29-,30?,31-,32-,34+/m1/s1. The van der Waals surface area contributed by atoms with E-state index in [1.807, 2.05) is 0 Å². The Balaban J connectivity index is 1.32. The fraction of sp³-hybridized carbons (Fsp3) is 0.429. The lowest BCUT2D eigenvalue weighted by molar-refractivity contribution is -0.199. The van der Waals surface area contributed by atoms with Gasteiger partial charge in [-0.2, -0.15) is 0 Å². The van der Waals surface area contributed by atoms with E-state index in [1.165, 1.54) is 6.42 Å². The number of rotatable bonds is 9. The van der Waals surface area contributed by atoms with Crippen molar-refractivity contribution >= 4 is 23.0 Å². The number of hydrogen-bond donors (Lipinski definition) is 0. The Morgan fingerprint density at radius 2 is 1.43 bits per heavy atom. The molecule has 4 aliphatic rings. The molecule has 3 aromatic rings. The van der Waals surface area contributed by atoms with Gasteiger partial charge in [0.05, 0.1) is 23.0 Å². The van der Waals surface area contributed by atoms with E-state index in [2.05, 4.69) is 141 Å². The van der Waals surface area contributed by atoms with Crippen LogP contribution in [0, 0.1) is 23.2 Å². The second-order valence-corrected chi connectivity index (χ2v) is 13.9. The zero-order valence-electron chi connectivity index (χ0n) is 24.1. The van der Waals surface area contributed by atoms with Gasteiger partial charge in [-0.25, -0.2) is 0 Å². The molecule has 40 heavy (non-hydrogen) atoms. The van der Waals surface area contributed by atoms with Gasteiger partial charge in [-0.05, 0) is 60.6 Å². The van der Waals surface area contributed by atoms with Crippen LogP contribution in [0.4, 0.5) is 0 Å². The highest BCUT2D eigenvalue weighted by molar-refractivity contribution is 9.10. The summed E-state index contributed by atoms with van der Waals surface area (Å²) >= 11 is 4.04. The maximum atomic E-state index is 7.20. The van der Waals surface area contributed by atoms with E-state index in [1.54, 1.807) is 0 Å². The Morgan fingerprint density at radius 3 is 1.88 bits per heavy atom. The van der Waals surface area contributed by atoms with Crippen molar-refractivity contribution in [2.75, 3.05) is 6.61 Å². The summed E-state index contributed by atoms with van der Waals surface area (Å²) in [6.45, 7) is 14.0. The molecular weight excluding hydrogens is 559 g/mol. The third kappa shape index (κ3) is 4.45. The highest BCUT2D eigenvalue weighted by Gasteiger charge is 2.68. The molecule has 0 aromatic heterocycles. The van der Waals surface area contributed by atoms with Crippen LogP contribution in [0.15, 0.2) is 103 Å². The van der Waals surface area contributed by atoms with Crippen LogP contribution in [0.5, 0.6) is 0 Å². The zero-order valence-corrected chi connectivity index (χ0v) is 25.6. The summed E-state index contributed by atoms with van der Waals surface area (Å²) in [7, 11) is -0.352. The summed E-state index contributed by atoms with van der Waals surface area (Å²) in [5, 5.41) is 0. The first-order valence-electron chi connectivity index (χ1n) is 14.6. The second-order valence-electron chi connectivity index (χ2n) is 12.8. The van der Waals surface area contributed by atoms with Gasteiger partial charge in [-0.1, -0.05) is 133 Å². The first-order valence-corrected chi connectivity index (χ1v) is 15.5. The minimum Gasteiger partial charge on any atom is -0.405 e. The molecule has 1 aliphatic heterocycles. The maximum Gasteiger partial charge on any atom is 0.472 e. The molecular formula is C35H40BBrO3. The van der Waals surface area contributed by atoms with Gasteiger partial charge in [0.2, 0.25) is 0 Å². The van der Waals surface area contributed by atoms with E-state index >= 15 is 0 Å². The predicted molar refractivity (Wildman–Crippen MR) is 166 cm³/mol. The molecule has 7 rings (SSSR count). The smallest absolute Gasteiger partial charge is 0.405 e. The van der Waals surface area contributed by atoms with Gasteiger partial charge < -0.3 is 14.0 Å². The minimum atomic E-state index is -0.785. The van der Waals surface area contributed by atoms with Crippen molar-refractivity contribution in [3.8, 4) is 0 Å². The van der Waals surface area contributed by atoms with Crippen LogP contribution in [0.3, 0.4) is 0 Å². The van der Waals surface area contributed by atoms with E-state index in [9.17, 15) is 0 Å². The summed E-state index contributed by atoms with van der Waals surface area (Å²) in [4.78, 5) is 0. The predicted octanol–water partition coefficient (Wildman–Crippen LogP) is 8.22. The van der Waals surface area contributed by atoms with Gasteiger partial charge in [0.1, 0.15) is 5.60 Å². The lowest BCUT2D eigenvalue weighted by atomic mass is 9.43. The highest BCUT2D eigenvalue weighted by Crippen LogP contribution is 2.66. The Labute approximate surface area is 248 Å². The molecule has 5 heteroatoms. The van der Waals surface area contributed by atoms with Crippen molar-refractivity contribution in [2.45, 2.75) is 62.6 Å². The Hall–Kier alpha value is -2.18. The Morgan fingerprint density at radius 1 is 0.925 bits per heavy atom. The lowest BCUT2D eigenvalue weighted by Crippen LogP contribution is -2.65. The third-order valence-corrected chi connectivity index (χ3v) is 11.3. The number of benzene rings is 3. The van der Waals surface area contributed by atoms with Crippen molar-refractivity contribution in [1.82, 2.24) is 0 Å². The molecule has 2 unspecified atom stereocenters. The molecule has 0 amide bonds. The van der Waals surface area contributed by atoms with Crippen molar-refractivity contribution in [3.63, 3.8) is 0 Å². The average Bonchev–Trinajstić information content (AvgIpc) is 3.34. The monoisotopic (exact) mass is 598 g/mol. The third-order valence-electron chi connectivity index (χ3n) is 10.3. The second kappa shape index (κ2) is 10.6. The van der Waals surface area contributed by atoms with Crippen LogP contribution in [0.1, 0.15) is 57.2 Å². The van der Waals surface area contributed by atoms with Gasteiger partial charge in [-0.15, -0.1) is 0 Å². The normalized spacial score (nSPS) is 28.3. The first kappa shape index (κ1) is 28.0. The number of hydrogen-bond acceptors (Lipinski definition) is 3. The van der Waals surface area contributed by atoms with Crippen LogP contribution in [-0.4, -0.2) is 30.2 Å². The topological polar surface area (TPSA) is 27.7 Å². The van der Waals surface area contributed by atoms with Gasteiger partial charge in [0.15, 0.2) is 0 Å². The molecule has 0 spiro atoms. The lowest BCUT2D eigenvalue weighted by Gasteiger charge is -2.64. The highest BCUT2D eigenvalue weighted by atomic mass is 79.9. The van der Waals surface area contributed by atoms with E-state index < -0.39 is 5.60 Å². The van der Waals surface area contributed by atoms with Crippen LogP contribution in [-0.2, 0) is 19.6 Å². The SMILES string of the molecule is C=C(C)[C@@H](COC(c1ccccc1)(c1ccccc1)c1ccccc1)[C@@H](Br)B1O[C@@H]2CC3CC(C3(C)C)[C@]2(C)O1.